The van der Waals surface area contributed by atoms with Gasteiger partial charge in [0.15, 0.2) is 5.71 Å². The Morgan fingerprint density at radius 1 is 1.12 bits per heavy atom. The highest BCUT2D eigenvalue weighted by Gasteiger charge is 2.27. The van der Waals surface area contributed by atoms with Gasteiger partial charge in [0.2, 0.25) is 5.69 Å². The van der Waals surface area contributed by atoms with Crippen LogP contribution in [0.5, 0.6) is 5.75 Å². The van der Waals surface area contributed by atoms with Crippen LogP contribution < -0.4 is 4.74 Å². The Morgan fingerprint density at radius 3 is 2.69 bits per heavy atom. The maximum atomic E-state index is 5.41. The molecule has 0 aliphatic carbocycles. The van der Waals surface area contributed by atoms with Gasteiger partial charge >= 0.3 is 0 Å². The maximum absolute atomic E-state index is 5.41. The van der Waals surface area contributed by atoms with Gasteiger partial charge in [-0.05, 0) is 12.1 Å². The van der Waals surface area contributed by atoms with Gasteiger partial charge in [-0.1, -0.05) is 12.1 Å². The second-order valence-electron chi connectivity index (χ2n) is 4.16. The lowest BCUT2D eigenvalue weighted by atomic mass is 10.0. The summed E-state index contributed by atoms with van der Waals surface area (Å²) in [4.78, 5) is 0. The van der Waals surface area contributed by atoms with Crippen molar-refractivity contribution in [3.63, 3.8) is 0 Å². The topological polar surface area (TPSA) is 12.2 Å². The number of rotatable bonds is 1. The van der Waals surface area contributed by atoms with Crippen molar-refractivity contribution in [2.24, 2.45) is 0 Å². The Morgan fingerprint density at radius 2 is 1.94 bits per heavy atom. The second kappa shape index (κ2) is 3.08. The van der Waals surface area contributed by atoms with Crippen LogP contribution in [-0.4, -0.2) is 24.4 Å². The van der Waals surface area contributed by atoms with Crippen LogP contribution in [0.15, 0.2) is 30.3 Å². The van der Waals surface area contributed by atoms with Gasteiger partial charge in [-0.25, -0.2) is 0 Å². The van der Waals surface area contributed by atoms with E-state index in [9.17, 15) is 0 Å². The van der Waals surface area contributed by atoms with Gasteiger partial charge in [-0.15, -0.1) is 0 Å². The van der Waals surface area contributed by atoms with E-state index < -0.39 is 0 Å². The fraction of sp³-hybridized carbons (Fsp3) is 0.214. The molecule has 0 saturated carbocycles. The van der Waals surface area contributed by atoms with Crippen LogP contribution in [0.25, 0.3) is 10.8 Å². The first-order chi connectivity index (χ1) is 7.74. The number of nitrogens with zero attached hydrogens (tertiary/aromatic N) is 1. The van der Waals surface area contributed by atoms with Gasteiger partial charge < -0.3 is 4.74 Å². The molecule has 1 aliphatic heterocycles. The van der Waals surface area contributed by atoms with Crippen LogP contribution in [0, 0.1) is 0 Å². The number of methoxy groups -OCH3 is 1. The zero-order chi connectivity index (χ0) is 11.3. The molecular weight excluding hydrogens is 198 g/mol. The van der Waals surface area contributed by atoms with Crippen LogP contribution >= 0.6 is 0 Å². The Labute approximate surface area is 94.8 Å². The summed E-state index contributed by atoms with van der Waals surface area (Å²) in [6, 6.07) is 10.5. The first kappa shape index (κ1) is 9.40. The summed E-state index contributed by atoms with van der Waals surface area (Å²) in [5.41, 5.74) is 3.88. The minimum atomic E-state index is 0.948. The van der Waals surface area contributed by atoms with E-state index in [0.717, 1.165) is 5.75 Å². The molecule has 1 aliphatic rings. The van der Waals surface area contributed by atoms with Crippen molar-refractivity contribution < 1.29 is 9.31 Å². The lowest BCUT2D eigenvalue weighted by molar-refractivity contribution is -0.400. The molecule has 2 aromatic carbocycles. The van der Waals surface area contributed by atoms with Crippen molar-refractivity contribution >= 4 is 22.2 Å². The van der Waals surface area contributed by atoms with Crippen LogP contribution in [-0.2, 0) is 0 Å². The molecule has 0 unspecified atom stereocenters. The molecule has 16 heavy (non-hydrogen) atoms. The van der Waals surface area contributed by atoms with Crippen LogP contribution in [0.4, 0.5) is 5.69 Å². The largest absolute Gasteiger partial charge is 0.496 e. The van der Waals surface area contributed by atoms with Gasteiger partial charge in [0.25, 0.3) is 0 Å². The molecule has 0 aromatic heterocycles. The molecule has 2 nitrogen and oxygen atoms in total. The van der Waals surface area contributed by atoms with Crippen LogP contribution in [0.2, 0.25) is 0 Å². The van der Waals surface area contributed by atoms with E-state index in [1.165, 1.54) is 27.7 Å². The summed E-state index contributed by atoms with van der Waals surface area (Å²) in [6.07, 6.45) is 0. The molecular formula is C14H14NO+. The standard InChI is InChI=1S/C14H14NO/c1-9-10-7-8-13(16-3)11-5-4-6-12(14(10)11)15(9)2/h4-8H,1-3H3/q+1. The van der Waals surface area contributed by atoms with E-state index in [0.29, 0.717) is 0 Å². The van der Waals surface area contributed by atoms with Gasteiger partial charge in [0.05, 0.1) is 18.1 Å². The van der Waals surface area contributed by atoms with Gasteiger partial charge in [-0.3, -0.25) is 0 Å². The Hall–Kier alpha value is -1.83. The molecule has 2 aromatic rings. The first-order valence-electron chi connectivity index (χ1n) is 5.41. The molecule has 0 N–H and O–H groups in total. The summed E-state index contributed by atoms with van der Waals surface area (Å²) in [7, 11) is 3.83. The molecule has 0 bridgehead atoms. The van der Waals surface area contributed by atoms with Gasteiger partial charge in [-0.2, -0.15) is 4.58 Å². The number of hydrogen-bond donors (Lipinski definition) is 0. The fourth-order valence-electron chi connectivity index (χ4n) is 2.48. The van der Waals surface area contributed by atoms with Crippen molar-refractivity contribution in [3.05, 3.63) is 35.9 Å². The second-order valence-corrected chi connectivity index (χ2v) is 4.16. The Bertz CT molecular complexity index is 608. The highest BCUT2D eigenvalue weighted by atomic mass is 16.5. The molecule has 1 heterocycles. The summed E-state index contributed by atoms with van der Waals surface area (Å²) in [6.45, 7) is 2.15. The van der Waals surface area contributed by atoms with Crippen molar-refractivity contribution in [1.82, 2.24) is 0 Å². The minimum absolute atomic E-state index is 0.948. The summed E-state index contributed by atoms with van der Waals surface area (Å²) in [5.74, 6) is 0.948. The number of hydrogen-bond acceptors (Lipinski definition) is 1. The summed E-state index contributed by atoms with van der Waals surface area (Å²) < 4.78 is 7.64. The smallest absolute Gasteiger partial charge is 0.214 e. The molecule has 0 spiro atoms. The molecule has 3 rings (SSSR count). The molecule has 0 amide bonds. The van der Waals surface area contributed by atoms with Crippen molar-refractivity contribution in [3.8, 4) is 5.75 Å². The van der Waals surface area contributed by atoms with Crippen molar-refractivity contribution in [1.29, 1.82) is 0 Å². The molecule has 0 atom stereocenters. The lowest BCUT2D eigenvalue weighted by Gasteiger charge is -2.04. The predicted molar refractivity (Wildman–Crippen MR) is 66.1 cm³/mol. The molecule has 2 heteroatoms. The Balaban J connectivity index is 2.51. The van der Waals surface area contributed by atoms with Gasteiger partial charge in [0, 0.05) is 18.4 Å². The van der Waals surface area contributed by atoms with E-state index >= 15 is 0 Å². The van der Waals surface area contributed by atoms with E-state index in [1.807, 2.05) is 6.07 Å². The molecule has 0 radical (unpaired) electrons. The zero-order valence-electron chi connectivity index (χ0n) is 9.74. The minimum Gasteiger partial charge on any atom is -0.496 e. The highest BCUT2D eigenvalue weighted by Crippen LogP contribution is 2.38. The normalized spacial score (nSPS) is 13.7. The molecule has 0 saturated heterocycles. The van der Waals surface area contributed by atoms with Crippen LogP contribution in [0.1, 0.15) is 12.5 Å². The lowest BCUT2D eigenvalue weighted by Crippen LogP contribution is -2.03. The average Bonchev–Trinajstić information content (AvgIpc) is 2.57. The van der Waals surface area contributed by atoms with E-state index in [4.69, 9.17) is 4.74 Å². The summed E-state index contributed by atoms with van der Waals surface area (Å²) in [5, 5.41) is 2.50. The SMILES string of the molecule is COc1ccc2c3c(cccc13)[N+](C)=C2C. The third kappa shape index (κ3) is 0.990. The molecule has 0 fully saturated rings. The maximum Gasteiger partial charge on any atom is 0.214 e. The Kier molecular flexibility index (Phi) is 1.81. The third-order valence-electron chi connectivity index (χ3n) is 3.45. The van der Waals surface area contributed by atoms with Crippen molar-refractivity contribution in [2.75, 3.05) is 14.2 Å². The van der Waals surface area contributed by atoms with Gasteiger partial charge in [0.1, 0.15) is 12.8 Å². The molecule has 80 valence electrons. The third-order valence-corrected chi connectivity index (χ3v) is 3.45. The first-order valence-corrected chi connectivity index (χ1v) is 5.41. The number of ether oxygens (including phenoxy) is 1. The zero-order valence-corrected chi connectivity index (χ0v) is 9.74. The van der Waals surface area contributed by atoms with Crippen molar-refractivity contribution in [2.45, 2.75) is 6.92 Å². The average molecular weight is 212 g/mol. The van der Waals surface area contributed by atoms with E-state index in [1.54, 1.807) is 7.11 Å². The monoisotopic (exact) mass is 212 g/mol. The predicted octanol–water partition coefficient (Wildman–Crippen LogP) is 2.94. The van der Waals surface area contributed by atoms with E-state index in [-0.39, 0.29) is 0 Å². The summed E-state index contributed by atoms with van der Waals surface area (Å²) >= 11 is 0. The number of benzene rings is 2. The van der Waals surface area contributed by atoms with E-state index in [2.05, 4.69) is 42.8 Å². The fourth-order valence-corrected chi connectivity index (χ4v) is 2.48. The quantitative estimate of drug-likeness (QED) is 0.662. The highest BCUT2D eigenvalue weighted by molar-refractivity contribution is 6.15. The van der Waals surface area contributed by atoms with Crippen LogP contribution in [0.3, 0.4) is 0 Å².